The van der Waals surface area contributed by atoms with Crippen LogP contribution in [-0.4, -0.2) is 17.3 Å². The first kappa shape index (κ1) is 14.3. The molecule has 0 aromatic heterocycles. The van der Waals surface area contributed by atoms with Crippen molar-refractivity contribution in [2.24, 2.45) is 0 Å². The Labute approximate surface area is 112 Å². The van der Waals surface area contributed by atoms with Crippen LogP contribution in [0.1, 0.15) is 44.1 Å². The Morgan fingerprint density at radius 2 is 1.79 bits per heavy atom. The highest BCUT2D eigenvalue weighted by atomic mass is 19.1. The van der Waals surface area contributed by atoms with Crippen LogP contribution in [-0.2, 0) is 0 Å². The van der Waals surface area contributed by atoms with Crippen molar-refractivity contribution in [3.05, 3.63) is 29.3 Å². The zero-order chi connectivity index (χ0) is 13.9. The molecule has 0 radical (unpaired) electrons. The van der Waals surface area contributed by atoms with E-state index in [0.29, 0.717) is 18.4 Å². The van der Waals surface area contributed by atoms with Crippen LogP contribution in [0.25, 0.3) is 0 Å². The third-order valence-electron chi connectivity index (χ3n) is 3.91. The monoisotopic (exact) mass is 269 g/mol. The van der Waals surface area contributed by atoms with E-state index in [1.165, 1.54) is 12.1 Å². The first-order chi connectivity index (χ1) is 9.02. The van der Waals surface area contributed by atoms with Crippen molar-refractivity contribution >= 4 is 5.69 Å². The molecule has 0 saturated heterocycles. The molecule has 4 heteroatoms. The fourth-order valence-corrected chi connectivity index (χ4v) is 2.64. The summed E-state index contributed by atoms with van der Waals surface area (Å²) < 4.78 is 27.4. The predicted molar refractivity (Wildman–Crippen MR) is 72.2 cm³/mol. The highest BCUT2D eigenvalue weighted by Gasteiger charge is 2.28. The van der Waals surface area contributed by atoms with Crippen LogP contribution in [0.5, 0.6) is 0 Å². The van der Waals surface area contributed by atoms with E-state index in [4.69, 9.17) is 0 Å². The average molecular weight is 269 g/mol. The summed E-state index contributed by atoms with van der Waals surface area (Å²) in [6, 6.07) is 2.66. The lowest BCUT2D eigenvalue weighted by Gasteiger charge is -2.27. The Bertz CT molecular complexity index is 440. The molecule has 1 aromatic carbocycles. The number of aryl methyl sites for hydroxylation is 1. The summed E-state index contributed by atoms with van der Waals surface area (Å²) in [7, 11) is 0. The number of anilines is 1. The average Bonchev–Trinajstić information content (AvgIpc) is 2.59. The highest BCUT2D eigenvalue weighted by Crippen LogP contribution is 2.29. The Balaban J connectivity index is 2.07. The molecular weight excluding hydrogens is 248 g/mol. The Kier molecular flexibility index (Phi) is 4.40. The molecule has 0 amide bonds. The first-order valence-electron chi connectivity index (χ1n) is 6.93. The van der Waals surface area contributed by atoms with Crippen molar-refractivity contribution in [1.82, 2.24) is 0 Å². The third kappa shape index (κ3) is 3.44. The SMILES string of the molecule is Cc1ccc(F)c(NCC2(O)CCCCCC2)c1F. The molecule has 1 aliphatic carbocycles. The van der Waals surface area contributed by atoms with Gasteiger partial charge in [0.2, 0.25) is 0 Å². The van der Waals surface area contributed by atoms with Gasteiger partial charge in [0.1, 0.15) is 11.5 Å². The van der Waals surface area contributed by atoms with Gasteiger partial charge in [0, 0.05) is 6.54 Å². The van der Waals surface area contributed by atoms with Gasteiger partial charge in [-0.15, -0.1) is 0 Å². The molecule has 2 N–H and O–H groups in total. The van der Waals surface area contributed by atoms with Crippen LogP contribution < -0.4 is 5.32 Å². The summed E-state index contributed by atoms with van der Waals surface area (Å²) in [5, 5.41) is 13.2. The van der Waals surface area contributed by atoms with E-state index in [2.05, 4.69) is 5.32 Å². The lowest BCUT2D eigenvalue weighted by molar-refractivity contribution is 0.0380. The summed E-state index contributed by atoms with van der Waals surface area (Å²) >= 11 is 0. The van der Waals surface area contributed by atoms with E-state index in [1.54, 1.807) is 6.92 Å². The minimum atomic E-state index is -0.848. The topological polar surface area (TPSA) is 32.3 Å². The molecule has 1 fully saturated rings. The molecule has 2 rings (SSSR count). The molecule has 0 heterocycles. The van der Waals surface area contributed by atoms with Gasteiger partial charge in [0.15, 0.2) is 5.82 Å². The summed E-state index contributed by atoms with van der Waals surface area (Å²) in [5.41, 5.74) is -0.575. The van der Waals surface area contributed by atoms with Crippen molar-refractivity contribution in [1.29, 1.82) is 0 Å². The number of halogens is 2. The number of nitrogens with one attached hydrogen (secondary N) is 1. The maximum atomic E-state index is 13.8. The Morgan fingerprint density at radius 3 is 2.42 bits per heavy atom. The van der Waals surface area contributed by atoms with Gasteiger partial charge in [-0.2, -0.15) is 0 Å². The first-order valence-corrected chi connectivity index (χ1v) is 6.93. The Hall–Kier alpha value is -1.16. The van der Waals surface area contributed by atoms with Gasteiger partial charge in [-0.05, 0) is 31.4 Å². The molecule has 0 atom stereocenters. The molecular formula is C15H21F2NO. The van der Waals surface area contributed by atoms with Crippen molar-refractivity contribution in [2.45, 2.75) is 51.0 Å². The molecule has 0 spiro atoms. The molecule has 0 aliphatic heterocycles. The van der Waals surface area contributed by atoms with E-state index in [0.717, 1.165) is 25.7 Å². The van der Waals surface area contributed by atoms with E-state index >= 15 is 0 Å². The van der Waals surface area contributed by atoms with Gasteiger partial charge in [-0.3, -0.25) is 0 Å². The van der Waals surface area contributed by atoms with Gasteiger partial charge in [0.25, 0.3) is 0 Å². The molecule has 2 nitrogen and oxygen atoms in total. The molecule has 0 bridgehead atoms. The van der Waals surface area contributed by atoms with E-state index in [9.17, 15) is 13.9 Å². The van der Waals surface area contributed by atoms with Crippen LogP contribution in [0.4, 0.5) is 14.5 Å². The second-order valence-corrected chi connectivity index (χ2v) is 5.55. The van der Waals surface area contributed by atoms with Crippen LogP contribution in [0.3, 0.4) is 0 Å². The van der Waals surface area contributed by atoms with Crippen molar-refractivity contribution in [3.63, 3.8) is 0 Å². The van der Waals surface area contributed by atoms with Crippen LogP contribution in [0, 0.1) is 18.6 Å². The maximum Gasteiger partial charge on any atom is 0.152 e. The summed E-state index contributed by atoms with van der Waals surface area (Å²) in [6.45, 7) is 1.80. The third-order valence-corrected chi connectivity index (χ3v) is 3.91. The fraction of sp³-hybridized carbons (Fsp3) is 0.600. The second kappa shape index (κ2) is 5.87. The molecule has 1 aromatic rings. The van der Waals surface area contributed by atoms with Crippen molar-refractivity contribution in [3.8, 4) is 0 Å². The van der Waals surface area contributed by atoms with Gasteiger partial charge < -0.3 is 10.4 Å². The van der Waals surface area contributed by atoms with Gasteiger partial charge in [0.05, 0.1) is 5.60 Å². The molecule has 1 aliphatic rings. The lowest BCUT2D eigenvalue weighted by atomic mass is 9.94. The maximum absolute atomic E-state index is 13.8. The quantitative estimate of drug-likeness (QED) is 0.819. The number of benzene rings is 1. The van der Waals surface area contributed by atoms with E-state index in [1.807, 2.05) is 0 Å². The molecule has 19 heavy (non-hydrogen) atoms. The number of rotatable bonds is 3. The van der Waals surface area contributed by atoms with Gasteiger partial charge in [-0.25, -0.2) is 8.78 Å². The van der Waals surface area contributed by atoms with Gasteiger partial charge in [-0.1, -0.05) is 31.7 Å². The predicted octanol–water partition coefficient (Wildman–Crippen LogP) is 3.77. The summed E-state index contributed by atoms with van der Waals surface area (Å²) in [5.74, 6) is -1.18. The number of hydrogen-bond acceptors (Lipinski definition) is 2. The fourth-order valence-electron chi connectivity index (χ4n) is 2.64. The van der Waals surface area contributed by atoms with Crippen LogP contribution in [0.2, 0.25) is 0 Å². The van der Waals surface area contributed by atoms with E-state index in [-0.39, 0.29) is 12.2 Å². The van der Waals surface area contributed by atoms with Crippen LogP contribution >= 0.6 is 0 Å². The molecule has 0 unspecified atom stereocenters. The zero-order valence-corrected chi connectivity index (χ0v) is 11.3. The van der Waals surface area contributed by atoms with Crippen molar-refractivity contribution in [2.75, 3.05) is 11.9 Å². The zero-order valence-electron chi connectivity index (χ0n) is 11.3. The van der Waals surface area contributed by atoms with Crippen molar-refractivity contribution < 1.29 is 13.9 Å². The summed E-state index contributed by atoms with van der Waals surface area (Å²) in [4.78, 5) is 0. The highest BCUT2D eigenvalue weighted by molar-refractivity contribution is 5.49. The summed E-state index contributed by atoms with van der Waals surface area (Å²) in [6.07, 6.45) is 5.56. The standard InChI is InChI=1S/C15H21F2NO/c1-11-6-7-12(16)14(13(11)17)18-10-15(19)8-4-2-3-5-9-15/h6-7,18-19H,2-5,8-10H2,1H3. The number of hydrogen-bond donors (Lipinski definition) is 2. The van der Waals surface area contributed by atoms with E-state index < -0.39 is 17.2 Å². The largest absolute Gasteiger partial charge is 0.388 e. The molecule has 106 valence electrons. The Morgan fingerprint density at radius 1 is 1.16 bits per heavy atom. The smallest absolute Gasteiger partial charge is 0.152 e. The minimum absolute atomic E-state index is 0.127. The van der Waals surface area contributed by atoms with Crippen LogP contribution in [0.15, 0.2) is 12.1 Å². The normalized spacial score (nSPS) is 18.9. The lowest BCUT2D eigenvalue weighted by Crippen LogP contribution is -2.36. The second-order valence-electron chi connectivity index (χ2n) is 5.55. The minimum Gasteiger partial charge on any atom is -0.388 e. The van der Waals surface area contributed by atoms with Gasteiger partial charge >= 0.3 is 0 Å². The molecule has 1 saturated carbocycles. The number of aliphatic hydroxyl groups is 1.